The van der Waals surface area contributed by atoms with E-state index < -0.39 is 6.10 Å². The topological polar surface area (TPSA) is 64.6 Å². The average molecular weight is 388 g/mol. The summed E-state index contributed by atoms with van der Waals surface area (Å²) in [5.41, 5.74) is 2.52. The van der Waals surface area contributed by atoms with Crippen LogP contribution in [0.1, 0.15) is 37.4 Å². The Morgan fingerprint density at radius 2 is 1.85 bits per heavy atom. The molecule has 5 nitrogen and oxygen atoms in total. The molecule has 2 aromatic rings. The van der Waals surface area contributed by atoms with E-state index in [2.05, 4.69) is 15.5 Å². The summed E-state index contributed by atoms with van der Waals surface area (Å²) in [5, 5.41) is 16.3. The number of hydrogen-bond donors (Lipinski definition) is 3. The Morgan fingerprint density at radius 1 is 1.11 bits per heavy atom. The van der Waals surface area contributed by atoms with Crippen molar-refractivity contribution < 1.29 is 9.90 Å². The van der Waals surface area contributed by atoms with E-state index in [0.717, 1.165) is 24.3 Å². The minimum Gasteiger partial charge on any atom is -0.388 e. The molecule has 1 heterocycles. The number of benzene rings is 2. The maximum Gasteiger partial charge on any atom is 0.319 e. The number of hydrogen-bond acceptors (Lipinski definition) is 3. The minimum absolute atomic E-state index is 0.308. The van der Waals surface area contributed by atoms with E-state index in [-0.39, 0.29) is 6.03 Å². The van der Waals surface area contributed by atoms with Gasteiger partial charge in [0.2, 0.25) is 0 Å². The molecule has 2 amide bonds. The maximum absolute atomic E-state index is 12.1. The van der Waals surface area contributed by atoms with Crippen LogP contribution in [0.25, 0.3) is 0 Å². The molecule has 0 radical (unpaired) electrons. The fourth-order valence-corrected chi connectivity index (χ4v) is 3.62. The summed E-state index contributed by atoms with van der Waals surface area (Å²) in [4.78, 5) is 14.4. The molecule has 6 heteroatoms. The van der Waals surface area contributed by atoms with Crippen LogP contribution in [0, 0.1) is 0 Å². The van der Waals surface area contributed by atoms with Crippen LogP contribution < -0.4 is 15.5 Å². The van der Waals surface area contributed by atoms with Crippen molar-refractivity contribution in [1.82, 2.24) is 5.32 Å². The first-order valence-electron chi connectivity index (χ1n) is 9.46. The van der Waals surface area contributed by atoms with Crippen LogP contribution >= 0.6 is 11.6 Å². The Bertz CT molecular complexity index is 748. The highest BCUT2D eigenvalue weighted by Gasteiger charge is 2.14. The van der Waals surface area contributed by atoms with Crippen LogP contribution in [0.3, 0.4) is 0 Å². The van der Waals surface area contributed by atoms with Gasteiger partial charge in [-0.3, -0.25) is 0 Å². The number of aliphatic hydroxyl groups is 1. The minimum atomic E-state index is -0.593. The maximum atomic E-state index is 12.1. The van der Waals surface area contributed by atoms with Crippen LogP contribution in [0.4, 0.5) is 16.2 Å². The Labute approximate surface area is 165 Å². The number of piperidine rings is 1. The number of anilines is 2. The van der Waals surface area contributed by atoms with E-state index in [1.165, 1.54) is 19.3 Å². The van der Waals surface area contributed by atoms with Gasteiger partial charge in [-0.05, 0) is 49.4 Å². The van der Waals surface area contributed by atoms with Crippen LogP contribution in [-0.2, 0) is 0 Å². The zero-order chi connectivity index (χ0) is 19.1. The molecule has 0 aliphatic carbocycles. The molecule has 0 aromatic heterocycles. The molecule has 0 bridgehead atoms. The van der Waals surface area contributed by atoms with E-state index >= 15 is 0 Å². The average Bonchev–Trinajstić information content (AvgIpc) is 2.69. The Balaban J connectivity index is 1.47. The third kappa shape index (κ3) is 5.62. The highest BCUT2D eigenvalue weighted by molar-refractivity contribution is 6.33. The van der Waals surface area contributed by atoms with E-state index in [4.69, 9.17) is 11.6 Å². The van der Waals surface area contributed by atoms with Gasteiger partial charge < -0.3 is 20.6 Å². The second-order valence-electron chi connectivity index (χ2n) is 6.81. The number of aliphatic hydroxyl groups excluding tert-OH is 1. The van der Waals surface area contributed by atoms with Crippen LogP contribution in [-0.4, -0.2) is 30.8 Å². The largest absolute Gasteiger partial charge is 0.388 e. The molecule has 1 atom stereocenters. The first-order chi connectivity index (χ1) is 13.1. The van der Waals surface area contributed by atoms with Crippen molar-refractivity contribution in [3.63, 3.8) is 0 Å². The molecule has 1 saturated heterocycles. The van der Waals surface area contributed by atoms with Crippen LogP contribution in [0.2, 0.25) is 5.02 Å². The SMILES string of the molecule is O=C(NCC[C@@H](O)c1ccccc1)Nc1ccc(N2CCCCC2)c(Cl)c1. The van der Waals surface area contributed by atoms with Crippen molar-refractivity contribution in [2.24, 2.45) is 0 Å². The van der Waals surface area contributed by atoms with Crippen LogP contribution in [0.5, 0.6) is 0 Å². The van der Waals surface area contributed by atoms with Crippen molar-refractivity contribution in [3.05, 3.63) is 59.1 Å². The van der Waals surface area contributed by atoms with Gasteiger partial charge in [0, 0.05) is 25.3 Å². The fourth-order valence-electron chi connectivity index (χ4n) is 3.32. The summed E-state index contributed by atoms with van der Waals surface area (Å²) in [6.45, 7) is 2.43. The van der Waals surface area contributed by atoms with Gasteiger partial charge in [-0.2, -0.15) is 0 Å². The van der Waals surface area contributed by atoms with Gasteiger partial charge in [-0.25, -0.2) is 4.79 Å². The molecule has 144 valence electrons. The highest BCUT2D eigenvalue weighted by atomic mass is 35.5. The van der Waals surface area contributed by atoms with Crippen molar-refractivity contribution in [1.29, 1.82) is 0 Å². The predicted molar refractivity (Wildman–Crippen MR) is 111 cm³/mol. The third-order valence-electron chi connectivity index (χ3n) is 4.79. The first kappa shape index (κ1) is 19.5. The molecule has 3 rings (SSSR count). The van der Waals surface area contributed by atoms with Gasteiger partial charge >= 0.3 is 6.03 Å². The zero-order valence-electron chi connectivity index (χ0n) is 15.3. The van der Waals surface area contributed by atoms with E-state index in [1.54, 1.807) is 6.07 Å². The van der Waals surface area contributed by atoms with E-state index in [0.29, 0.717) is 23.7 Å². The van der Waals surface area contributed by atoms with Gasteiger partial charge in [-0.1, -0.05) is 41.9 Å². The summed E-state index contributed by atoms with van der Waals surface area (Å²) in [7, 11) is 0. The molecule has 27 heavy (non-hydrogen) atoms. The lowest BCUT2D eigenvalue weighted by Gasteiger charge is -2.29. The smallest absolute Gasteiger partial charge is 0.319 e. The van der Waals surface area contributed by atoms with Crippen molar-refractivity contribution >= 4 is 29.0 Å². The summed E-state index contributed by atoms with van der Waals surface area (Å²) in [6, 6.07) is 14.7. The number of rotatable bonds is 6. The Kier molecular flexibility index (Phi) is 6.96. The van der Waals surface area contributed by atoms with Crippen molar-refractivity contribution in [3.8, 4) is 0 Å². The summed E-state index contributed by atoms with van der Waals surface area (Å²) in [5.74, 6) is 0. The van der Waals surface area contributed by atoms with E-state index in [9.17, 15) is 9.90 Å². The lowest BCUT2D eigenvalue weighted by molar-refractivity contribution is 0.167. The number of amides is 2. The second kappa shape index (κ2) is 9.62. The molecule has 1 fully saturated rings. The fraction of sp³-hybridized carbons (Fsp3) is 0.381. The van der Waals surface area contributed by atoms with Gasteiger partial charge in [-0.15, -0.1) is 0 Å². The Hall–Kier alpha value is -2.24. The van der Waals surface area contributed by atoms with E-state index in [1.807, 2.05) is 42.5 Å². The molecule has 0 spiro atoms. The number of halogens is 1. The zero-order valence-corrected chi connectivity index (χ0v) is 16.1. The molecule has 0 unspecified atom stereocenters. The van der Waals surface area contributed by atoms with Crippen LogP contribution in [0.15, 0.2) is 48.5 Å². The standard InChI is InChI=1S/C21H26ClN3O2/c22-18-15-17(9-10-19(18)25-13-5-2-6-14-25)24-21(27)23-12-11-20(26)16-7-3-1-4-8-16/h1,3-4,7-10,15,20,26H,2,5-6,11-14H2,(H2,23,24,27)/t20-/m1/s1. The third-order valence-corrected chi connectivity index (χ3v) is 5.09. The second-order valence-corrected chi connectivity index (χ2v) is 7.22. The molecule has 0 saturated carbocycles. The van der Waals surface area contributed by atoms with Gasteiger partial charge in [0.15, 0.2) is 0 Å². The number of carbonyl (C=O) groups excluding carboxylic acids is 1. The van der Waals surface area contributed by atoms with Gasteiger partial charge in [0.25, 0.3) is 0 Å². The Morgan fingerprint density at radius 3 is 2.56 bits per heavy atom. The predicted octanol–water partition coefficient (Wildman–Crippen LogP) is 4.58. The molecule has 1 aliphatic heterocycles. The number of urea groups is 1. The van der Waals surface area contributed by atoms with Gasteiger partial charge in [0.1, 0.15) is 0 Å². The first-order valence-corrected chi connectivity index (χ1v) is 9.83. The molecular weight excluding hydrogens is 362 g/mol. The number of nitrogens with one attached hydrogen (secondary N) is 2. The molecule has 1 aliphatic rings. The lowest BCUT2D eigenvalue weighted by Crippen LogP contribution is -2.31. The van der Waals surface area contributed by atoms with Crippen molar-refractivity contribution in [2.75, 3.05) is 29.9 Å². The highest BCUT2D eigenvalue weighted by Crippen LogP contribution is 2.30. The number of nitrogens with zero attached hydrogens (tertiary/aromatic N) is 1. The van der Waals surface area contributed by atoms with Crippen molar-refractivity contribution in [2.45, 2.75) is 31.8 Å². The molecule has 2 aromatic carbocycles. The van der Waals surface area contributed by atoms with Gasteiger partial charge in [0.05, 0.1) is 16.8 Å². The summed E-state index contributed by atoms with van der Waals surface area (Å²) in [6.07, 6.45) is 3.50. The quantitative estimate of drug-likeness (QED) is 0.680. The molecule has 3 N–H and O–H groups in total. The summed E-state index contributed by atoms with van der Waals surface area (Å²) < 4.78 is 0. The molecular formula is C21H26ClN3O2. The monoisotopic (exact) mass is 387 g/mol. The lowest BCUT2D eigenvalue weighted by atomic mass is 10.1. The summed E-state index contributed by atoms with van der Waals surface area (Å²) >= 11 is 6.41. The normalized spacial score (nSPS) is 15.3. The number of carbonyl (C=O) groups is 1.